The summed E-state index contributed by atoms with van der Waals surface area (Å²) in [6, 6.07) is 0.347. The number of rotatable bonds is 4. The molecule has 0 aliphatic carbocycles. The van der Waals surface area contributed by atoms with E-state index in [2.05, 4.69) is 18.7 Å². The molecule has 5 heteroatoms. The Hall–Kier alpha value is -1.10. The number of carbonyl (C=O) groups is 2. The fourth-order valence-corrected chi connectivity index (χ4v) is 2.38. The highest BCUT2D eigenvalue weighted by molar-refractivity contribution is 5.84. The number of nitrogens with zero attached hydrogens (tertiary/aromatic N) is 2. The van der Waals surface area contributed by atoms with Crippen molar-refractivity contribution in [1.82, 2.24) is 9.80 Å². The van der Waals surface area contributed by atoms with Gasteiger partial charge in [-0.3, -0.25) is 14.5 Å². The van der Waals surface area contributed by atoms with Crippen molar-refractivity contribution in [3.05, 3.63) is 0 Å². The van der Waals surface area contributed by atoms with Crippen LogP contribution in [0.3, 0.4) is 0 Å². The molecule has 1 rings (SSSR count). The van der Waals surface area contributed by atoms with Crippen LogP contribution in [0.4, 0.5) is 0 Å². The average molecular weight is 256 g/mol. The summed E-state index contributed by atoms with van der Waals surface area (Å²) in [5.74, 6) is -2.02. The van der Waals surface area contributed by atoms with Gasteiger partial charge in [-0.15, -0.1) is 0 Å². The zero-order chi connectivity index (χ0) is 13.9. The van der Waals surface area contributed by atoms with Crippen molar-refractivity contribution >= 4 is 11.9 Å². The molecule has 18 heavy (non-hydrogen) atoms. The number of carboxylic acids is 1. The van der Waals surface area contributed by atoms with E-state index in [4.69, 9.17) is 5.11 Å². The third kappa shape index (κ3) is 3.22. The van der Waals surface area contributed by atoms with E-state index < -0.39 is 17.8 Å². The zero-order valence-corrected chi connectivity index (χ0v) is 11.7. The molecule has 0 aromatic rings. The Balaban J connectivity index is 2.61. The summed E-state index contributed by atoms with van der Waals surface area (Å²) in [6.07, 6.45) is 0. The topological polar surface area (TPSA) is 60.9 Å². The van der Waals surface area contributed by atoms with Gasteiger partial charge in [0.2, 0.25) is 5.91 Å². The molecule has 0 bridgehead atoms. The van der Waals surface area contributed by atoms with E-state index in [1.54, 1.807) is 18.7 Å². The van der Waals surface area contributed by atoms with Crippen molar-refractivity contribution < 1.29 is 14.7 Å². The fourth-order valence-electron chi connectivity index (χ4n) is 2.38. The average Bonchev–Trinajstić information content (AvgIpc) is 2.35. The number of carbonyl (C=O) groups excluding carboxylic acids is 1. The SMILES string of the molecule is CCN1CCN(C(=O)C(C)C(C)C(=O)O)CC1C. The van der Waals surface area contributed by atoms with Crippen LogP contribution >= 0.6 is 0 Å². The van der Waals surface area contributed by atoms with Crippen LogP contribution in [0.25, 0.3) is 0 Å². The van der Waals surface area contributed by atoms with Crippen molar-refractivity contribution in [2.24, 2.45) is 11.8 Å². The molecular formula is C13H24N2O3. The molecule has 0 radical (unpaired) electrons. The molecule has 0 spiro atoms. The first-order valence-corrected chi connectivity index (χ1v) is 6.64. The molecule has 1 saturated heterocycles. The standard InChI is InChI=1S/C13H24N2O3/c1-5-14-6-7-15(8-9(14)2)12(16)10(3)11(4)13(17)18/h9-11H,5-8H2,1-4H3,(H,17,18). The molecule has 1 amide bonds. The molecule has 3 atom stereocenters. The highest BCUT2D eigenvalue weighted by Gasteiger charge is 2.32. The highest BCUT2D eigenvalue weighted by Crippen LogP contribution is 2.17. The number of amides is 1. The third-order valence-electron chi connectivity index (χ3n) is 4.01. The normalized spacial score (nSPS) is 24.7. The third-order valence-corrected chi connectivity index (χ3v) is 4.01. The summed E-state index contributed by atoms with van der Waals surface area (Å²) in [5, 5.41) is 8.95. The van der Waals surface area contributed by atoms with Crippen LogP contribution in [-0.4, -0.2) is 59.0 Å². The number of piperazine rings is 1. The van der Waals surface area contributed by atoms with Gasteiger partial charge in [-0.2, -0.15) is 0 Å². The Bertz CT molecular complexity index is 319. The van der Waals surface area contributed by atoms with Crippen molar-refractivity contribution in [3.63, 3.8) is 0 Å². The van der Waals surface area contributed by atoms with E-state index in [0.717, 1.165) is 13.1 Å². The zero-order valence-electron chi connectivity index (χ0n) is 11.7. The van der Waals surface area contributed by atoms with Crippen molar-refractivity contribution in [3.8, 4) is 0 Å². The van der Waals surface area contributed by atoms with Gasteiger partial charge in [0.05, 0.1) is 5.92 Å². The first-order chi connectivity index (χ1) is 8.38. The van der Waals surface area contributed by atoms with Crippen LogP contribution in [0.1, 0.15) is 27.7 Å². The van der Waals surface area contributed by atoms with Crippen molar-refractivity contribution in [2.45, 2.75) is 33.7 Å². The van der Waals surface area contributed by atoms with Crippen LogP contribution in [0.15, 0.2) is 0 Å². The van der Waals surface area contributed by atoms with Crippen LogP contribution in [0.5, 0.6) is 0 Å². The maximum absolute atomic E-state index is 12.2. The monoisotopic (exact) mass is 256 g/mol. The summed E-state index contributed by atoms with van der Waals surface area (Å²) in [5.41, 5.74) is 0. The van der Waals surface area contributed by atoms with Gasteiger partial charge in [0.15, 0.2) is 0 Å². The molecule has 3 unspecified atom stereocenters. The highest BCUT2D eigenvalue weighted by atomic mass is 16.4. The number of hydrogen-bond donors (Lipinski definition) is 1. The van der Waals surface area contributed by atoms with Gasteiger partial charge in [0, 0.05) is 31.6 Å². The minimum atomic E-state index is -0.906. The minimum Gasteiger partial charge on any atom is -0.481 e. The van der Waals surface area contributed by atoms with Crippen molar-refractivity contribution in [2.75, 3.05) is 26.2 Å². The lowest BCUT2D eigenvalue weighted by Crippen LogP contribution is -2.55. The number of likely N-dealkylation sites (N-methyl/N-ethyl adjacent to an activating group) is 1. The van der Waals surface area contributed by atoms with Gasteiger partial charge in [0.25, 0.3) is 0 Å². The second-order valence-electron chi connectivity index (χ2n) is 5.18. The largest absolute Gasteiger partial charge is 0.481 e. The number of carboxylic acid groups (broad SMARTS) is 1. The maximum atomic E-state index is 12.2. The first kappa shape index (κ1) is 15.0. The lowest BCUT2D eigenvalue weighted by Gasteiger charge is -2.40. The Morgan fingerprint density at radius 1 is 1.28 bits per heavy atom. The second kappa shape index (κ2) is 6.18. The summed E-state index contributed by atoms with van der Waals surface area (Å²) in [4.78, 5) is 27.3. The van der Waals surface area contributed by atoms with Gasteiger partial charge in [-0.25, -0.2) is 0 Å². The fraction of sp³-hybridized carbons (Fsp3) is 0.846. The Labute approximate surface area is 109 Å². The van der Waals surface area contributed by atoms with Crippen LogP contribution in [0, 0.1) is 11.8 Å². The van der Waals surface area contributed by atoms with E-state index in [-0.39, 0.29) is 5.91 Å². The summed E-state index contributed by atoms with van der Waals surface area (Å²) >= 11 is 0. The maximum Gasteiger partial charge on any atom is 0.307 e. The second-order valence-corrected chi connectivity index (χ2v) is 5.18. The summed E-state index contributed by atoms with van der Waals surface area (Å²) < 4.78 is 0. The number of hydrogen-bond acceptors (Lipinski definition) is 3. The lowest BCUT2D eigenvalue weighted by molar-refractivity contribution is -0.150. The van der Waals surface area contributed by atoms with Crippen LogP contribution in [-0.2, 0) is 9.59 Å². The Morgan fingerprint density at radius 2 is 1.89 bits per heavy atom. The van der Waals surface area contributed by atoms with Gasteiger partial charge >= 0.3 is 5.97 Å². The first-order valence-electron chi connectivity index (χ1n) is 6.64. The summed E-state index contributed by atoms with van der Waals surface area (Å²) in [6.45, 7) is 10.8. The van der Waals surface area contributed by atoms with E-state index in [1.807, 2.05) is 0 Å². The molecule has 5 nitrogen and oxygen atoms in total. The Morgan fingerprint density at radius 3 is 2.33 bits per heavy atom. The molecule has 1 aliphatic rings. The predicted octanol–water partition coefficient (Wildman–Crippen LogP) is 0.896. The van der Waals surface area contributed by atoms with Gasteiger partial charge in [0.1, 0.15) is 0 Å². The molecule has 0 saturated carbocycles. The molecular weight excluding hydrogens is 232 g/mol. The molecule has 1 fully saturated rings. The summed E-state index contributed by atoms with van der Waals surface area (Å²) in [7, 11) is 0. The van der Waals surface area contributed by atoms with Crippen LogP contribution < -0.4 is 0 Å². The van der Waals surface area contributed by atoms with Crippen LogP contribution in [0.2, 0.25) is 0 Å². The van der Waals surface area contributed by atoms with Gasteiger partial charge < -0.3 is 10.0 Å². The van der Waals surface area contributed by atoms with E-state index in [1.165, 1.54) is 0 Å². The van der Waals surface area contributed by atoms with E-state index in [9.17, 15) is 9.59 Å². The van der Waals surface area contributed by atoms with E-state index >= 15 is 0 Å². The molecule has 0 aromatic heterocycles. The van der Waals surface area contributed by atoms with E-state index in [0.29, 0.717) is 19.1 Å². The molecule has 1 N–H and O–H groups in total. The van der Waals surface area contributed by atoms with Gasteiger partial charge in [-0.05, 0) is 13.5 Å². The molecule has 1 heterocycles. The smallest absolute Gasteiger partial charge is 0.307 e. The number of aliphatic carboxylic acids is 1. The molecule has 0 aromatic carbocycles. The van der Waals surface area contributed by atoms with Gasteiger partial charge in [-0.1, -0.05) is 20.8 Å². The quantitative estimate of drug-likeness (QED) is 0.811. The molecule has 1 aliphatic heterocycles. The van der Waals surface area contributed by atoms with Crippen molar-refractivity contribution in [1.29, 1.82) is 0 Å². The predicted molar refractivity (Wildman–Crippen MR) is 69.3 cm³/mol. The lowest BCUT2D eigenvalue weighted by atomic mass is 9.94. The minimum absolute atomic E-state index is 0.0347. The Kier molecular flexibility index (Phi) is 5.14. The molecule has 104 valence electrons.